The summed E-state index contributed by atoms with van der Waals surface area (Å²) in [5.74, 6) is 0.755. The highest BCUT2D eigenvalue weighted by atomic mass is 79.9. The van der Waals surface area contributed by atoms with Crippen molar-refractivity contribution in [2.75, 3.05) is 6.54 Å². The van der Waals surface area contributed by atoms with E-state index in [1.165, 1.54) is 29.3 Å². The van der Waals surface area contributed by atoms with Gasteiger partial charge in [-0.25, -0.2) is 0 Å². The van der Waals surface area contributed by atoms with Crippen LogP contribution >= 0.6 is 15.9 Å². The summed E-state index contributed by atoms with van der Waals surface area (Å²) in [6.45, 7) is 0.857. The molecule has 0 heterocycles. The minimum absolute atomic E-state index is 0.491. The monoisotopic (exact) mass is 251 g/mol. The summed E-state index contributed by atoms with van der Waals surface area (Å²) in [5, 5.41) is 0. The zero-order valence-electron chi connectivity index (χ0n) is 8.09. The van der Waals surface area contributed by atoms with Gasteiger partial charge in [-0.3, -0.25) is 0 Å². The van der Waals surface area contributed by atoms with E-state index in [1.54, 1.807) is 5.56 Å². The number of aryl methyl sites for hydroxylation is 1. The highest BCUT2D eigenvalue weighted by molar-refractivity contribution is 9.10. The van der Waals surface area contributed by atoms with E-state index in [1.807, 2.05) is 0 Å². The molecule has 3 rings (SSSR count). The van der Waals surface area contributed by atoms with E-state index < -0.39 is 0 Å². The van der Waals surface area contributed by atoms with Crippen molar-refractivity contribution in [3.63, 3.8) is 0 Å². The maximum atomic E-state index is 5.77. The van der Waals surface area contributed by atoms with Gasteiger partial charge in [-0.2, -0.15) is 0 Å². The van der Waals surface area contributed by atoms with Gasteiger partial charge in [0, 0.05) is 9.89 Å². The number of halogens is 1. The summed E-state index contributed by atoms with van der Waals surface area (Å²) in [6, 6.07) is 6.73. The summed E-state index contributed by atoms with van der Waals surface area (Å²) < 4.78 is 1.21. The summed E-state index contributed by atoms with van der Waals surface area (Å²) >= 11 is 3.53. The van der Waals surface area contributed by atoms with Crippen molar-refractivity contribution in [1.29, 1.82) is 0 Å². The first-order valence-electron chi connectivity index (χ1n) is 5.25. The van der Waals surface area contributed by atoms with Crippen LogP contribution in [0.4, 0.5) is 0 Å². The molecule has 14 heavy (non-hydrogen) atoms. The predicted molar refractivity (Wildman–Crippen MR) is 61.3 cm³/mol. The van der Waals surface area contributed by atoms with Crippen LogP contribution in [0.3, 0.4) is 0 Å². The Bertz CT molecular complexity index is 388. The molecule has 2 unspecified atom stereocenters. The van der Waals surface area contributed by atoms with E-state index >= 15 is 0 Å². The van der Waals surface area contributed by atoms with Gasteiger partial charge in [-0.05, 0) is 55.0 Å². The molecule has 0 aliphatic heterocycles. The van der Waals surface area contributed by atoms with Crippen LogP contribution in [0.15, 0.2) is 22.7 Å². The van der Waals surface area contributed by atoms with E-state index in [4.69, 9.17) is 5.73 Å². The molecule has 1 aromatic rings. The van der Waals surface area contributed by atoms with Crippen LogP contribution < -0.4 is 5.73 Å². The first-order valence-corrected chi connectivity index (χ1v) is 6.04. The van der Waals surface area contributed by atoms with Crippen LogP contribution in [0.2, 0.25) is 0 Å². The molecule has 2 N–H and O–H groups in total. The third kappa shape index (κ3) is 1.04. The molecule has 74 valence electrons. The molecule has 2 atom stereocenters. The fourth-order valence-electron chi connectivity index (χ4n) is 3.07. The topological polar surface area (TPSA) is 26.0 Å². The predicted octanol–water partition coefficient (Wildman–Crippen LogP) is 2.61. The Labute approximate surface area is 92.8 Å². The summed E-state index contributed by atoms with van der Waals surface area (Å²) in [7, 11) is 0. The lowest BCUT2D eigenvalue weighted by Gasteiger charge is -2.10. The van der Waals surface area contributed by atoms with E-state index in [2.05, 4.69) is 34.1 Å². The number of benzene rings is 1. The van der Waals surface area contributed by atoms with Crippen LogP contribution in [0.5, 0.6) is 0 Å². The fourth-order valence-corrected chi connectivity index (χ4v) is 3.48. The molecule has 1 aromatic carbocycles. The Morgan fingerprint density at radius 2 is 2.36 bits per heavy atom. The van der Waals surface area contributed by atoms with Crippen LogP contribution in [-0.4, -0.2) is 6.54 Å². The van der Waals surface area contributed by atoms with Crippen molar-refractivity contribution in [2.24, 2.45) is 11.7 Å². The second-order valence-corrected chi connectivity index (χ2v) is 5.51. The van der Waals surface area contributed by atoms with Crippen LogP contribution in [-0.2, 0) is 11.8 Å². The molecule has 0 bridgehead atoms. The van der Waals surface area contributed by atoms with E-state index in [0.717, 1.165) is 12.5 Å². The molecular formula is C12H14BrN. The van der Waals surface area contributed by atoms with E-state index in [-0.39, 0.29) is 0 Å². The quantitative estimate of drug-likeness (QED) is 0.816. The Morgan fingerprint density at radius 3 is 3.07 bits per heavy atom. The normalized spacial score (nSPS) is 33.4. The largest absolute Gasteiger partial charge is 0.330 e. The molecule has 1 fully saturated rings. The van der Waals surface area contributed by atoms with Gasteiger partial charge in [0.05, 0.1) is 0 Å². The number of fused-ring (bicyclic) bond motifs is 2. The SMILES string of the molecule is NCC1CC12CCc1cc(Br)ccc12. The third-order valence-corrected chi connectivity index (χ3v) is 4.45. The van der Waals surface area contributed by atoms with Crippen molar-refractivity contribution in [3.05, 3.63) is 33.8 Å². The maximum absolute atomic E-state index is 5.77. The van der Waals surface area contributed by atoms with Crippen LogP contribution in [0, 0.1) is 5.92 Å². The van der Waals surface area contributed by atoms with Gasteiger partial charge in [-0.1, -0.05) is 22.0 Å². The second-order valence-electron chi connectivity index (χ2n) is 4.59. The Morgan fingerprint density at radius 1 is 1.50 bits per heavy atom. The first kappa shape index (κ1) is 8.93. The number of hydrogen-bond acceptors (Lipinski definition) is 1. The summed E-state index contributed by atoms with van der Waals surface area (Å²) in [6.07, 6.45) is 3.88. The average molecular weight is 252 g/mol. The standard InChI is InChI=1S/C12H14BrN/c13-10-1-2-11-8(5-10)3-4-12(11)6-9(12)7-14/h1-2,5,9H,3-4,6-7,14H2. The summed E-state index contributed by atoms with van der Waals surface area (Å²) in [4.78, 5) is 0. The average Bonchev–Trinajstić information content (AvgIpc) is 2.78. The first-order chi connectivity index (χ1) is 6.76. The zero-order chi connectivity index (χ0) is 9.76. The third-order valence-electron chi connectivity index (χ3n) is 3.96. The molecule has 0 saturated heterocycles. The number of nitrogens with two attached hydrogens (primary N) is 1. The molecule has 2 heteroatoms. The smallest absolute Gasteiger partial charge is 0.0178 e. The lowest BCUT2D eigenvalue weighted by atomic mass is 9.95. The number of hydrogen-bond donors (Lipinski definition) is 1. The lowest BCUT2D eigenvalue weighted by molar-refractivity contribution is 0.601. The Kier molecular flexibility index (Phi) is 1.80. The van der Waals surface area contributed by atoms with Crippen molar-refractivity contribution >= 4 is 15.9 Å². The fraction of sp³-hybridized carbons (Fsp3) is 0.500. The van der Waals surface area contributed by atoms with E-state index in [0.29, 0.717) is 5.41 Å². The van der Waals surface area contributed by atoms with Gasteiger partial charge in [0.2, 0.25) is 0 Å². The summed E-state index contributed by atoms with van der Waals surface area (Å²) in [5.41, 5.74) is 9.37. The lowest BCUT2D eigenvalue weighted by Crippen LogP contribution is -2.12. The van der Waals surface area contributed by atoms with Gasteiger partial charge in [0.15, 0.2) is 0 Å². The number of rotatable bonds is 1. The van der Waals surface area contributed by atoms with Gasteiger partial charge in [0.25, 0.3) is 0 Å². The Balaban J connectivity index is 2.04. The van der Waals surface area contributed by atoms with Crippen LogP contribution in [0.1, 0.15) is 24.0 Å². The molecule has 1 nitrogen and oxygen atoms in total. The second kappa shape index (κ2) is 2.83. The molecule has 2 aliphatic carbocycles. The van der Waals surface area contributed by atoms with Crippen molar-refractivity contribution in [3.8, 4) is 0 Å². The minimum Gasteiger partial charge on any atom is -0.330 e. The van der Waals surface area contributed by atoms with Crippen molar-refractivity contribution < 1.29 is 0 Å². The molecule has 1 saturated carbocycles. The van der Waals surface area contributed by atoms with Gasteiger partial charge < -0.3 is 5.73 Å². The van der Waals surface area contributed by atoms with Crippen molar-refractivity contribution in [1.82, 2.24) is 0 Å². The van der Waals surface area contributed by atoms with Gasteiger partial charge in [-0.15, -0.1) is 0 Å². The minimum atomic E-state index is 0.491. The highest BCUT2D eigenvalue weighted by Gasteiger charge is 2.56. The molecule has 0 radical (unpaired) electrons. The Hall–Kier alpha value is -0.340. The van der Waals surface area contributed by atoms with E-state index in [9.17, 15) is 0 Å². The van der Waals surface area contributed by atoms with Crippen LogP contribution in [0.25, 0.3) is 0 Å². The molecule has 1 spiro atoms. The van der Waals surface area contributed by atoms with Gasteiger partial charge in [0.1, 0.15) is 0 Å². The van der Waals surface area contributed by atoms with Crippen molar-refractivity contribution in [2.45, 2.75) is 24.7 Å². The molecule has 2 aliphatic rings. The molecule has 0 aromatic heterocycles. The molecule has 0 amide bonds. The highest BCUT2D eigenvalue weighted by Crippen LogP contribution is 2.61. The zero-order valence-corrected chi connectivity index (χ0v) is 9.68. The maximum Gasteiger partial charge on any atom is 0.0178 e. The van der Waals surface area contributed by atoms with Gasteiger partial charge >= 0.3 is 0 Å². The molecular weight excluding hydrogens is 238 g/mol.